The van der Waals surface area contributed by atoms with Gasteiger partial charge in [0.15, 0.2) is 5.65 Å². The van der Waals surface area contributed by atoms with Gasteiger partial charge in [-0.2, -0.15) is 4.98 Å². The van der Waals surface area contributed by atoms with Gasteiger partial charge in [0.2, 0.25) is 0 Å². The Bertz CT molecular complexity index is 1100. The van der Waals surface area contributed by atoms with E-state index in [1.165, 1.54) is 42.8 Å². The number of furan rings is 1. The summed E-state index contributed by atoms with van der Waals surface area (Å²) < 4.78 is 12.8. The molecule has 1 saturated heterocycles. The second-order valence-electron chi connectivity index (χ2n) is 7.39. The molecule has 0 saturated carbocycles. The average Bonchev–Trinajstić information content (AvgIpc) is 3.33. The first-order chi connectivity index (χ1) is 14.7. The van der Waals surface area contributed by atoms with E-state index in [1.54, 1.807) is 6.20 Å². The Hall–Kier alpha value is -2.97. The van der Waals surface area contributed by atoms with Crippen molar-refractivity contribution in [3.63, 3.8) is 0 Å². The fraction of sp³-hybridized carbons (Fsp3) is 0.318. The summed E-state index contributed by atoms with van der Waals surface area (Å²) in [6, 6.07) is 9.91. The number of carboxylic acid groups (broad SMARTS) is 1. The lowest BCUT2D eigenvalue weighted by atomic mass is 9.99. The molecule has 1 aliphatic rings. The summed E-state index contributed by atoms with van der Waals surface area (Å²) in [6.45, 7) is 5.37. The molecule has 3 aromatic heterocycles. The van der Waals surface area contributed by atoms with Gasteiger partial charge in [0.05, 0.1) is 11.0 Å². The van der Waals surface area contributed by atoms with Crippen molar-refractivity contribution in [1.29, 1.82) is 0 Å². The number of rotatable bonds is 4. The van der Waals surface area contributed by atoms with Crippen molar-refractivity contribution in [3.8, 4) is 10.9 Å². The van der Waals surface area contributed by atoms with Crippen molar-refractivity contribution < 1.29 is 19.1 Å². The minimum atomic E-state index is -0.250. The number of likely N-dealkylation sites (tertiary alicyclic amines) is 1. The SMILES string of the molecule is CC1CCN(Cc2coc3cc(Oc4nc5ncccc5s4)ccc23)CC1.O=CO. The molecule has 1 aromatic carbocycles. The molecule has 0 atom stereocenters. The van der Waals surface area contributed by atoms with E-state index in [-0.39, 0.29) is 6.47 Å². The van der Waals surface area contributed by atoms with Crippen LogP contribution in [0.5, 0.6) is 10.9 Å². The second-order valence-corrected chi connectivity index (χ2v) is 8.38. The number of fused-ring (bicyclic) bond motifs is 2. The lowest BCUT2D eigenvalue weighted by Gasteiger charge is -2.29. The molecule has 4 heterocycles. The minimum Gasteiger partial charge on any atom is -0.483 e. The van der Waals surface area contributed by atoms with Crippen molar-refractivity contribution in [2.45, 2.75) is 26.3 Å². The molecule has 30 heavy (non-hydrogen) atoms. The number of hydrogen-bond acceptors (Lipinski definition) is 7. The Labute approximate surface area is 177 Å². The van der Waals surface area contributed by atoms with Crippen LogP contribution < -0.4 is 4.74 Å². The molecule has 156 valence electrons. The van der Waals surface area contributed by atoms with Gasteiger partial charge in [0, 0.05) is 29.8 Å². The third-order valence-electron chi connectivity index (χ3n) is 5.25. The smallest absolute Gasteiger partial charge is 0.290 e. The van der Waals surface area contributed by atoms with E-state index in [0.29, 0.717) is 5.19 Å². The normalized spacial score (nSPS) is 15.1. The summed E-state index contributed by atoms with van der Waals surface area (Å²) in [5, 5.41) is 8.64. The molecule has 7 nitrogen and oxygen atoms in total. The maximum atomic E-state index is 8.36. The van der Waals surface area contributed by atoms with Crippen molar-refractivity contribution in [2.24, 2.45) is 5.92 Å². The first kappa shape index (κ1) is 20.3. The number of nitrogens with zero attached hydrogens (tertiary/aromatic N) is 3. The summed E-state index contributed by atoms with van der Waals surface area (Å²) in [5.74, 6) is 1.58. The molecule has 1 N–H and O–H groups in total. The van der Waals surface area contributed by atoms with Crippen molar-refractivity contribution in [3.05, 3.63) is 48.4 Å². The molecule has 1 aliphatic heterocycles. The molecule has 0 aliphatic carbocycles. The molecule has 0 bridgehead atoms. The Morgan fingerprint density at radius 1 is 1.33 bits per heavy atom. The van der Waals surface area contributed by atoms with Crippen molar-refractivity contribution in [1.82, 2.24) is 14.9 Å². The van der Waals surface area contributed by atoms with Gasteiger partial charge in [-0.15, -0.1) is 0 Å². The van der Waals surface area contributed by atoms with Gasteiger partial charge >= 0.3 is 0 Å². The number of ether oxygens (including phenoxy) is 1. The molecule has 0 unspecified atom stereocenters. The summed E-state index contributed by atoms with van der Waals surface area (Å²) in [5.41, 5.74) is 2.82. The van der Waals surface area contributed by atoms with Crippen molar-refractivity contribution >= 4 is 39.1 Å². The van der Waals surface area contributed by atoms with Gasteiger partial charge in [-0.1, -0.05) is 18.3 Å². The number of benzene rings is 1. The van der Waals surface area contributed by atoms with E-state index in [0.717, 1.165) is 39.5 Å². The molecular formula is C22H23N3O4S. The minimum absolute atomic E-state index is 0.250. The molecule has 8 heteroatoms. The van der Waals surface area contributed by atoms with Crippen LogP contribution in [0.2, 0.25) is 0 Å². The van der Waals surface area contributed by atoms with Crippen LogP contribution in [0.1, 0.15) is 25.3 Å². The topological polar surface area (TPSA) is 88.7 Å². The van der Waals surface area contributed by atoms with E-state index in [9.17, 15) is 0 Å². The number of pyridine rings is 1. The van der Waals surface area contributed by atoms with Gasteiger partial charge in [-0.25, -0.2) is 4.98 Å². The molecule has 0 amide bonds. The van der Waals surface area contributed by atoms with E-state index in [1.807, 2.05) is 30.5 Å². The molecule has 4 aromatic rings. The third kappa shape index (κ3) is 4.60. The number of carbonyl (C=O) groups is 1. The van der Waals surface area contributed by atoms with Crippen LogP contribution in [0.15, 0.2) is 47.2 Å². The summed E-state index contributed by atoms with van der Waals surface area (Å²) in [6.07, 6.45) is 6.19. The van der Waals surface area contributed by atoms with Gasteiger partial charge in [-0.05, 0) is 56.1 Å². The zero-order valence-electron chi connectivity index (χ0n) is 16.7. The van der Waals surface area contributed by atoms with Gasteiger partial charge in [0.25, 0.3) is 11.7 Å². The lowest BCUT2D eigenvalue weighted by molar-refractivity contribution is -0.122. The summed E-state index contributed by atoms with van der Waals surface area (Å²) in [7, 11) is 0. The maximum Gasteiger partial charge on any atom is 0.290 e. The predicted octanol–water partition coefficient (Wildman–Crippen LogP) is 5.16. The van der Waals surface area contributed by atoms with E-state index >= 15 is 0 Å². The highest BCUT2D eigenvalue weighted by molar-refractivity contribution is 7.20. The number of thiazole rings is 1. The second kappa shape index (κ2) is 9.23. The Balaban J connectivity index is 0.000000687. The fourth-order valence-corrected chi connectivity index (χ4v) is 4.40. The number of aromatic nitrogens is 2. The third-order valence-corrected chi connectivity index (χ3v) is 6.14. The zero-order chi connectivity index (χ0) is 20.9. The number of piperidine rings is 1. The van der Waals surface area contributed by atoms with E-state index < -0.39 is 0 Å². The van der Waals surface area contributed by atoms with Crippen LogP contribution >= 0.6 is 11.3 Å². The molecule has 1 fully saturated rings. The van der Waals surface area contributed by atoms with Gasteiger partial charge in [0.1, 0.15) is 11.3 Å². The van der Waals surface area contributed by atoms with Crippen LogP contribution in [-0.2, 0) is 11.3 Å². The monoisotopic (exact) mass is 425 g/mol. The maximum absolute atomic E-state index is 8.36. The zero-order valence-corrected chi connectivity index (χ0v) is 17.5. The first-order valence-electron chi connectivity index (χ1n) is 9.86. The Morgan fingerprint density at radius 3 is 2.90 bits per heavy atom. The van der Waals surface area contributed by atoms with E-state index in [2.05, 4.69) is 27.9 Å². The Morgan fingerprint density at radius 2 is 2.13 bits per heavy atom. The summed E-state index contributed by atoms with van der Waals surface area (Å²) >= 11 is 1.49. The largest absolute Gasteiger partial charge is 0.483 e. The van der Waals surface area contributed by atoms with Crippen LogP contribution in [0, 0.1) is 5.92 Å². The fourth-order valence-electron chi connectivity index (χ4n) is 3.60. The quantitative estimate of drug-likeness (QED) is 0.452. The van der Waals surface area contributed by atoms with Crippen LogP contribution in [0.3, 0.4) is 0 Å². The first-order valence-corrected chi connectivity index (χ1v) is 10.7. The van der Waals surface area contributed by atoms with Gasteiger partial charge < -0.3 is 14.3 Å². The van der Waals surface area contributed by atoms with Crippen LogP contribution in [0.4, 0.5) is 0 Å². The summed E-state index contributed by atoms with van der Waals surface area (Å²) in [4.78, 5) is 19.6. The Kier molecular flexibility index (Phi) is 6.25. The molecule has 0 radical (unpaired) electrons. The van der Waals surface area contributed by atoms with Crippen LogP contribution in [-0.4, -0.2) is 39.5 Å². The van der Waals surface area contributed by atoms with Crippen molar-refractivity contribution in [2.75, 3.05) is 13.1 Å². The highest BCUT2D eigenvalue weighted by Crippen LogP contribution is 2.33. The number of hydrogen-bond donors (Lipinski definition) is 1. The van der Waals surface area contributed by atoms with Crippen LogP contribution in [0.25, 0.3) is 21.3 Å². The van der Waals surface area contributed by atoms with E-state index in [4.69, 9.17) is 19.1 Å². The molecular weight excluding hydrogens is 402 g/mol. The standard InChI is InChI=1S/C21H21N3O2S.CH2O2/c1-14-6-9-24(10-7-14)12-15-13-25-18-11-16(4-5-17(15)18)26-21-23-20-19(27-21)3-2-8-22-20;2-1-3/h2-5,8,11,13-14H,6-7,9-10,12H2,1H3;1H,(H,2,3). The van der Waals surface area contributed by atoms with Gasteiger partial charge in [-0.3, -0.25) is 9.69 Å². The highest BCUT2D eigenvalue weighted by Gasteiger charge is 2.18. The predicted molar refractivity (Wildman–Crippen MR) is 116 cm³/mol. The molecule has 5 rings (SSSR count). The average molecular weight is 426 g/mol. The lowest BCUT2D eigenvalue weighted by Crippen LogP contribution is -2.32. The molecule has 0 spiro atoms. The highest BCUT2D eigenvalue weighted by atomic mass is 32.1.